The molecule has 6 aromatic carbocycles. The number of nitrogens with zero attached hydrogens (tertiary/aromatic N) is 3. The van der Waals surface area contributed by atoms with Gasteiger partial charge in [0.25, 0.3) is 23.6 Å². The van der Waals surface area contributed by atoms with Gasteiger partial charge >= 0.3 is 12.2 Å². The van der Waals surface area contributed by atoms with Gasteiger partial charge in [-0.2, -0.15) is 0 Å². The fraction of sp³-hybridized carbons (Fsp3) is 0.288. The Morgan fingerprint density at radius 3 is 1.24 bits per heavy atom. The van der Waals surface area contributed by atoms with Crippen LogP contribution in [-0.2, 0) is 69.1 Å². The minimum Gasteiger partial charge on any atom is -0.457 e. The van der Waals surface area contributed by atoms with Gasteiger partial charge in [0.15, 0.2) is 18.4 Å². The summed E-state index contributed by atoms with van der Waals surface area (Å²) >= 11 is 0. The Bertz CT molecular complexity index is 2960. The normalized spacial score (nSPS) is 25.2. The third kappa shape index (κ3) is 10.9. The minimum absolute atomic E-state index is 0.0763. The van der Waals surface area contributed by atoms with E-state index in [2.05, 4.69) is 4.85 Å². The maximum atomic E-state index is 14.9. The van der Waals surface area contributed by atoms with Gasteiger partial charge in [-0.25, -0.2) is 6.57 Å². The van der Waals surface area contributed by atoms with E-state index in [1.807, 2.05) is 121 Å². The van der Waals surface area contributed by atoms with Crippen molar-refractivity contribution in [3.8, 4) is 0 Å². The molecule has 0 radical (unpaired) electrons. The number of ether oxygens (including phenoxy) is 8. The van der Waals surface area contributed by atoms with Crippen molar-refractivity contribution in [2.24, 2.45) is 0 Å². The number of amides is 4. The van der Waals surface area contributed by atoms with E-state index in [0.717, 1.165) is 26.5 Å². The molecule has 2 fully saturated rings. The van der Waals surface area contributed by atoms with Crippen LogP contribution in [0.5, 0.6) is 0 Å². The minimum atomic E-state index is -1.68. The summed E-state index contributed by atoms with van der Waals surface area (Å²) in [4.78, 5) is 78.0. The molecule has 4 amide bonds. The molecule has 0 spiro atoms. The van der Waals surface area contributed by atoms with Crippen molar-refractivity contribution in [3.05, 3.63) is 226 Å². The van der Waals surface area contributed by atoms with Crippen molar-refractivity contribution in [2.75, 3.05) is 13.2 Å². The van der Waals surface area contributed by atoms with Gasteiger partial charge in [-0.1, -0.05) is 146 Å². The fourth-order valence-electron chi connectivity index (χ4n) is 10.1. The van der Waals surface area contributed by atoms with Crippen molar-refractivity contribution in [1.29, 1.82) is 0 Å². The maximum absolute atomic E-state index is 14.9. The van der Waals surface area contributed by atoms with Gasteiger partial charge < -0.3 is 37.9 Å². The van der Waals surface area contributed by atoms with Crippen LogP contribution in [0, 0.1) is 6.57 Å². The van der Waals surface area contributed by atoms with Crippen LogP contribution in [0.1, 0.15) is 70.6 Å². The zero-order valence-electron chi connectivity index (χ0n) is 40.8. The molecular formula is C59H53N3O13. The van der Waals surface area contributed by atoms with E-state index in [4.69, 9.17) is 44.5 Å². The standard InChI is InChI=1S/C59H53N3O13/c1-37(63)72-50-47(36-69-32-39-21-9-4-10-22-39)74-59(49(53(50)71-34-41-25-13-6-14-26-41)62-57(66)44-29-17-18-30-45(44)58(62)67)75-51-46(35-68-31-38-19-7-3-8-20-38)73-54(60-2)48(52(51)70-33-40-23-11-5-12-24-40)61-55(64)42-27-15-16-28-43(42)56(61)65/h3-30,46-54,59H,31-36H2,1H3/t46-,47-,48-,49-,50-,51-,52-,53-,54-,59+/m1/s1. The van der Waals surface area contributed by atoms with Gasteiger partial charge in [0, 0.05) is 6.92 Å². The number of benzene rings is 6. The molecule has 10 atom stereocenters. The predicted molar refractivity (Wildman–Crippen MR) is 268 cm³/mol. The highest BCUT2D eigenvalue weighted by Gasteiger charge is 2.62. The Morgan fingerprint density at radius 1 is 0.480 bits per heavy atom. The first kappa shape index (κ1) is 50.8. The number of rotatable bonds is 19. The molecule has 75 heavy (non-hydrogen) atoms. The second kappa shape index (κ2) is 23.2. The van der Waals surface area contributed by atoms with Gasteiger partial charge in [0.2, 0.25) is 0 Å². The van der Waals surface area contributed by atoms with E-state index in [1.165, 1.54) is 19.1 Å². The molecule has 0 aromatic heterocycles. The largest absolute Gasteiger partial charge is 0.457 e. The first-order valence-corrected chi connectivity index (χ1v) is 24.7. The first-order chi connectivity index (χ1) is 36.7. The first-order valence-electron chi connectivity index (χ1n) is 24.7. The van der Waals surface area contributed by atoms with Crippen LogP contribution >= 0.6 is 0 Å². The van der Waals surface area contributed by atoms with E-state index in [-0.39, 0.29) is 61.9 Å². The number of imide groups is 2. The smallest absolute Gasteiger partial charge is 0.351 e. The van der Waals surface area contributed by atoms with Gasteiger partial charge in [-0.15, -0.1) is 0 Å². The number of fused-ring (bicyclic) bond motifs is 2. The Labute approximate surface area is 433 Å². The lowest BCUT2D eigenvalue weighted by Gasteiger charge is -2.50. The average Bonchev–Trinajstić information content (AvgIpc) is 3.85. The molecule has 2 saturated heterocycles. The van der Waals surface area contributed by atoms with E-state index in [1.54, 1.807) is 36.4 Å². The Kier molecular flexibility index (Phi) is 15.7. The number of hydrogen-bond acceptors (Lipinski definition) is 13. The lowest BCUT2D eigenvalue weighted by Crippen LogP contribution is -2.70. The van der Waals surface area contributed by atoms with Crippen LogP contribution in [-0.4, -0.2) is 114 Å². The molecule has 4 heterocycles. The molecular weight excluding hydrogens is 959 g/mol. The summed E-state index contributed by atoms with van der Waals surface area (Å²) in [5.74, 6) is -3.43. The van der Waals surface area contributed by atoms with Gasteiger partial charge in [0.05, 0.1) is 61.9 Å². The summed E-state index contributed by atoms with van der Waals surface area (Å²) in [6.07, 6.45) is -11.0. The molecule has 0 bridgehead atoms. The number of hydrogen-bond donors (Lipinski definition) is 0. The van der Waals surface area contributed by atoms with Crippen molar-refractivity contribution in [1.82, 2.24) is 9.80 Å². The zero-order valence-corrected chi connectivity index (χ0v) is 40.8. The average molecular weight is 1010 g/mol. The van der Waals surface area contributed by atoms with E-state index >= 15 is 0 Å². The lowest BCUT2D eigenvalue weighted by atomic mass is 9.92. The molecule has 10 rings (SSSR count). The summed E-state index contributed by atoms with van der Waals surface area (Å²) in [7, 11) is 0. The van der Waals surface area contributed by atoms with Gasteiger partial charge in [-0.05, 0) is 46.5 Å². The molecule has 16 nitrogen and oxygen atoms in total. The summed E-state index contributed by atoms with van der Waals surface area (Å²) in [6.45, 7) is 9.44. The van der Waals surface area contributed by atoms with Crippen molar-refractivity contribution < 1.29 is 61.9 Å². The van der Waals surface area contributed by atoms with E-state index in [0.29, 0.717) is 5.56 Å². The highest BCUT2D eigenvalue weighted by atomic mass is 16.7. The van der Waals surface area contributed by atoms with Crippen LogP contribution in [0.3, 0.4) is 0 Å². The third-order valence-corrected chi connectivity index (χ3v) is 13.6. The molecule has 0 unspecified atom stereocenters. The number of esters is 1. The summed E-state index contributed by atoms with van der Waals surface area (Å²) in [6, 6.07) is 47.0. The molecule has 4 aliphatic heterocycles. The molecule has 0 N–H and O–H groups in total. The second-order valence-electron chi connectivity index (χ2n) is 18.5. The second-order valence-corrected chi connectivity index (χ2v) is 18.5. The Balaban J connectivity index is 1.11. The SMILES string of the molecule is [C-]#[N+][C@@H]1O[C@H](COCc2ccccc2)[C@@H](O[C@@H]2O[C@H](COCc3ccccc3)[C@@H](OC(C)=O)[C@H](OCc3ccccc3)[C@H]2N2C(=O)c3ccccc3C2=O)[C@H](OCc2ccccc2)[C@H]1N1C(=O)c2ccccc2C1=O. The lowest BCUT2D eigenvalue weighted by molar-refractivity contribution is -0.331. The van der Waals surface area contributed by atoms with Crippen LogP contribution < -0.4 is 0 Å². The highest BCUT2D eigenvalue weighted by molar-refractivity contribution is 6.22. The molecule has 16 heteroatoms. The molecule has 6 aromatic rings. The predicted octanol–water partition coefficient (Wildman–Crippen LogP) is 7.61. The zero-order chi connectivity index (χ0) is 51.8. The third-order valence-electron chi connectivity index (χ3n) is 13.6. The van der Waals surface area contributed by atoms with Crippen molar-refractivity contribution >= 4 is 29.6 Å². The van der Waals surface area contributed by atoms with Gasteiger partial charge in [0.1, 0.15) is 36.6 Å². The van der Waals surface area contributed by atoms with Crippen molar-refractivity contribution in [2.45, 2.75) is 94.6 Å². The summed E-state index contributed by atoms with van der Waals surface area (Å²) in [5.41, 5.74) is 3.61. The summed E-state index contributed by atoms with van der Waals surface area (Å²) in [5, 5.41) is 0. The summed E-state index contributed by atoms with van der Waals surface area (Å²) < 4.78 is 53.4. The molecule has 4 aliphatic rings. The molecule has 0 aliphatic carbocycles. The fourth-order valence-corrected chi connectivity index (χ4v) is 10.1. The quantitative estimate of drug-likeness (QED) is 0.0442. The van der Waals surface area contributed by atoms with Crippen molar-refractivity contribution in [3.63, 3.8) is 0 Å². The Hall–Kier alpha value is -7.72. The van der Waals surface area contributed by atoms with Crippen LogP contribution in [0.25, 0.3) is 4.85 Å². The number of carbonyl (C=O) groups is 5. The van der Waals surface area contributed by atoms with Crippen LogP contribution in [0.2, 0.25) is 0 Å². The van der Waals surface area contributed by atoms with Crippen LogP contribution in [0.15, 0.2) is 170 Å². The maximum Gasteiger partial charge on any atom is 0.351 e. The number of carbonyl (C=O) groups excluding carboxylic acids is 5. The highest BCUT2D eigenvalue weighted by Crippen LogP contribution is 2.41. The van der Waals surface area contributed by atoms with Gasteiger partial charge in [-0.3, -0.25) is 38.6 Å². The van der Waals surface area contributed by atoms with E-state index < -0.39 is 90.8 Å². The molecule has 382 valence electrons. The molecule has 0 saturated carbocycles. The topological polar surface area (TPSA) is 170 Å². The van der Waals surface area contributed by atoms with E-state index in [9.17, 15) is 24.0 Å². The Morgan fingerprint density at radius 2 is 0.840 bits per heavy atom. The van der Waals surface area contributed by atoms with Crippen LogP contribution in [0.4, 0.5) is 0 Å². The monoisotopic (exact) mass is 1010 g/mol.